The van der Waals surface area contributed by atoms with Gasteiger partial charge in [-0.3, -0.25) is 19.2 Å². The molecule has 0 aromatic carbocycles. The van der Waals surface area contributed by atoms with E-state index in [0.29, 0.717) is 11.5 Å². The Balaban J connectivity index is 5.41. The number of carbonyl (C=O) groups is 5. The van der Waals surface area contributed by atoms with Gasteiger partial charge in [0.1, 0.15) is 24.2 Å². The van der Waals surface area contributed by atoms with Gasteiger partial charge < -0.3 is 37.0 Å². The Morgan fingerprint density at radius 3 is 1.66 bits per heavy atom. The molecule has 32 heavy (non-hydrogen) atoms. The molecule has 0 fully saturated rings. The molecule has 3 amide bonds. The molecule has 4 unspecified atom stereocenters. The van der Waals surface area contributed by atoms with Gasteiger partial charge in [-0.15, -0.1) is 0 Å². The number of nitrogens with one attached hydrogen (secondary N) is 3. The van der Waals surface area contributed by atoms with E-state index in [0.717, 1.165) is 0 Å². The number of aliphatic hydroxyl groups is 1. The molecule has 0 heterocycles. The smallest absolute Gasteiger partial charge is 0.326 e. The Kier molecular flexibility index (Phi) is 15.5. The third-order valence-electron chi connectivity index (χ3n) is 4.28. The van der Waals surface area contributed by atoms with E-state index in [2.05, 4.69) is 16.0 Å². The van der Waals surface area contributed by atoms with Gasteiger partial charge in [0.05, 0.1) is 6.61 Å². The van der Waals surface area contributed by atoms with Crippen LogP contribution in [0.25, 0.3) is 0 Å². The third kappa shape index (κ3) is 12.1. The average molecular weight is 497 g/mol. The van der Waals surface area contributed by atoms with Crippen molar-refractivity contribution in [2.75, 3.05) is 30.6 Å². The van der Waals surface area contributed by atoms with Gasteiger partial charge in [0.15, 0.2) is 0 Å². The van der Waals surface area contributed by atoms with Crippen molar-refractivity contribution in [3.8, 4) is 0 Å². The van der Waals surface area contributed by atoms with Crippen LogP contribution in [0, 0.1) is 0 Å². The van der Waals surface area contributed by atoms with Crippen LogP contribution in [0.3, 0.4) is 0 Å². The summed E-state index contributed by atoms with van der Waals surface area (Å²) in [4.78, 5) is 59.7. The van der Waals surface area contributed by atoms with Gasteiger partial charge in [0.2, 0.25) is 17.7 Å². The van der Waals surface area contributed by atoms with Crippen molar-refractivity contribution in [3.63, 3.8) is 0 Å². The predicted molar refractivity (Wildman–Crippen MR) is 121 cm³/mol. The number of rotatable bonds is 17. The lowest BCUT2D eigenvalue weighted by Gasteiger charge is -2.25. The molecule has 4 atom stereocenters. The van der Waals surface area contributed by atoms with E-state index in [9.17, 15) is 29.1 Å². The zero-order chi connectivity index (χ0) is 24.7. The van der Waals surface area contributed by atoms with Crippen molar-refractivity contribution in [1.29, 1.82) is 0 Å². The maximum Gasteiger partial charge on any atom is 0.326 e. The molecule has 0 aliphatic rings. The summed E-state index contributed by atoms with van der Waals surface area (Å²) in [7, 11) is 0. The lowest BCUT2D eigenvalue weighted by molar-refractivity contribution is -0.142. The monoisotopic (exact) mass is 496 g/mol. The second-order valence-corrected chi connectivity index (χ2v) is 8.78. The molecule has 0 bridgehead atoms. The molecule has 0 spiro atoms. The summed E-state index contributed by atoms with van der Waals surface area (Å²) in [5.41, 5.74) is 5.42. The predicted octanol–water partition coefficient (Wildman–Crippen LogP) is -1.78. The Morgan fingerprint density at radius 2 is 1.22 bits per heavy atom. The van der Waals surface area contributed by atoms with Crippen molar-refractivity contribution >= 4 is 53.2 Å². The van der Waals surface area contributed by atoms with Crippen molar-refractivity contribution in [2.24, 2.45) is 5.73 Å². The standard InChI is InChI=1S/C18H32N4O8S2/c1-31-7-5-12(17(28)22-13(18(29)30)6-8-32-2)21-16(27)11(3-4-14(24)25)20-15(26)10(19)9-23/h10-13,23H,3-9,19H2,1-2H3,(H,20,26)(H,21,27)(H,22,28)(H,24,25)(H,29,30). The van der Waals surface area contributed by atoms with Crippen LogP contribution in [0.5, 0.6) is 0 Å². The molecule has 0 aliphatic heterocycles. The summed E-state index contributed by atoms with van der Waals surface area (Å²) in [6.07, 6.45) is 3.26. The van der Waals surface area contributed by atoms with E-state index in [-0.39, 0.29) is 19.3 Å². The molecular formula is C18H32N4O8S2. The number of carboxylic acid groups (broad SMARTS) is 2. The van der Waals surface area contributed by atoms with Gasteiger partial charge in [-0.1, -0.05) is 0 Å². The SMILES string of the molecule is CSCCC(NC(=O)C(CCSC)NC(=O)C(CCC(=O)O)NC(=O)C(N)CO)C(=O)O. The van der Waals surface area contributed by atoms with E-state index in [1.165, 1.54) is 23.5 Å². The summed E-state index contributed by atoms with van der Waals surface area (Å²) < 4.78 is 0. The molecular weight excluding hydrogens is 464 g/mol. The van der Waals surface area contributed by atoms with Gasteiger partial charge in [-0.05, 0) is 43.3 Å². The van der Waals surface area contributed by atoms with E-state index in [1.54, 1.807) is 12.5 Å². The van der Waals surface area contributed by atoms with Crippen molar-refractivity contribution in [2.45, 2.75) is 49.9 Å². The van der Waals surface area contributed by atoms with Crippen LogP contribution in [-0.4, -0.2) is 99.8 Å². The van der Waals surface area contributed by atoms with Crippen LogP contribution in [0.1, 0.15) is 25.7 Å². The van der Waals surface area contributed by atoms with E-state index >= 15 is 0 Å². The lowest BCUT2D eigenvalue weighted by atomic mass is 10.1. The van der Waals surface area contributed by atoms with Crippen LogP contribution in [0.15, 0.2) is 0 Å². The first-order valence-corrected chi connectivity index (χ1v) is 12.6. The highest BCUT2D eigenvalue weighted by atomic mass is 32.2. The summed E-state index contributed by atoms with van der Waals surface area (Å²) in [5, 5.41) is 34.4. The topological polar surface area (TPSA) is 208 Å². The molecule has 8 N–H and O–H groups in total. The number of hydrogen-bond donors (Lipinski definition) is 7. The molecule has 0 saturated carbocycles. The van der Waals surface area contributed by atoms with Crippen LogP contribution >= 0.6 is 23.5 Å². The summed E-state index contributed by atoms with van der Waals surface area (Å²) in [5.74, 6) is -3.79. The largest absolute Gasteiger partial charge is 0.481 e. The van der Waals surface area contributed by atoms with Gasteiger partial charge in [0.25, 0.3) is 0 Å². The molecule has 0 rings (SSSR count). The molecule has 0 radical (unpaired) electrons. The first-order chi connectivity index (χ1) is 15.1. The van der Waals surface area contributed by atoms with Crippen LogP contribution in [0.4, 0.5) is 0 Å². The van der Waals surface area contributed by atoms with E-state index in [4.69, 9.17) is 15.9 Å². The van der Waals surface area contributed by atoms with Gasteiger partial charge in [0, 0.05) is 6.42 Å². The number of amides is 3. The fraction of sp³-hybridized carbons (Fsp3) is 0.722. The second kappa shape index (κ2) is 16.6. The number of carbonyl (C=O) groups excluding carboxylic acids is 3. The number of aliphatic carboxylic acids is 2. The fourth-order valence-corrected chi connectivity index (χ4v) is 3.38. The number of nitrogens with two attached hydrogens (primary N) is 1. The molecule has 0 aromatic heterocycles. The summed E-state index contributed by atoms with van der Waals surface area (Å²) >= 11 is 2.84. The molecule has 12 nitrogen and oxygen atoms in total. The highest BCUT2D eigenvalue weighted by molar-refractivity contribution is 7.98. The lowest BCUT2D eigenvalue weighted by Crippen LogP contribution is -2.57. The quantitative estimate of drug-likeness (QED) is 0.120. The maximum atomic E-state index is 12.7. The number of thioether (sulfide) groups is 2. The van der Waals surface area contributed by atoms with Gasteiger partial charge >= 0.3 is 11.9 Å². The number of hydrogen-bond acceptors (Lipinski definition) is 9. The molecule has 0 saturated heterocycles. The fourth-order valence-electron chi connectivity index (χ4n) is 2.44. The van der Waals surface area contributed by atoms with E-state index in [1.807, 2.05) is 0 Å². The van der Waals surface area contributed by atoms with Crippen molar-refractivity contribution in [3.05, 3.63) is 0 Å². The summed E-state index contributed by atoms with van der Waals surface area (Å²) in [6.45, 7) is -0.676. The normalized spacial score (nSPS) is 14.5. The average Bonchev–Trinajstić information content (AvgIpc) is 2.75. The highest BCUT2D eigenvalue weighted by Crippen LogP contribution is 2.07. The zero-order valence-electron chi connectivity index (χ0n) is 18.0. The molecule has 184 valence electrons. The number of carboxylic acids is 2. The molecule has 14 heteroatoms. The first-order valence-electron chi connectivity index (χ1n) is 9.77. The maximum absolute atomic E-state index is 12.7. The minimum atomic E-state index is -1.31. The number of aliphatic hydroxyl groups excluding tert-OH is 1. The highest BCUT2D eigenvalue weighted by Gasteiger charge is 2.30. The van der Waals surface area contributed by atoms with Gasteiger partial charge in [-0.25, -0.2) is 4.79 Å². The van der Waals surface area contributed by atoms with Crippen LogP contribution < -0.4 is 21.7 Å². The second-order valence-electron chi connectivity index (χ2n) is 6.81. The van der Waals surface area contributed by atoms with Crippen LogP contribution in [-0.2, 0) is 24.0 Å². The minimum Gasteiger partial charge on any atom is -0.481 e. The Bertz CT molecular complexity index is 652. The Labute approximate surface area is 194 Å². The van der Waals surface area contributed by atoms with Crippen molar-refractivity contribution < 1.29 is 39.3 Å². The van der Waals surface area contributed by atoms with Crippen LogP contribution in [0.2, 0.25) is 0 Å². The van der Waals surface area contributed by atoms with Crippen molar-refractivity contribution in [1.82, 2.24) is 16.0 Å². The Morgan fingerprint density at radius 1 is 0.781 bits per heavy atom. The Hall–Kier alpha value is -2.03. The summed E-state index contributed by atoms with van der Waals surface area (Å²) in [6, 6.07) is -4.85. The third-order valence-corrected chi connectivity index (χ3v) is 5.57. The minimum absolute atomic E-state index is 0.184. The zero-order valence-corrected chi connectivity index (χ0v) is 19.7. The first kappa shape index (κ1) is 30.0. The van der Waals surface area contributed by atoms with E-state index < -0.39 is 66.9 Å². The van der Waals surface area contributed by atoms with Gasteiger partial charge in [-0.2, -0.15) is 23.5 Å². The molecule has 0 aliphatic carbocycles. The molecule has 0 aromatic rings.